The molecule has 36 heavy (non-hydrogen) atoms. The molecule has 0 fully saturated rings. The van der Waals surface area contributed by atoms with Crippen molar-refractivity contribution in [1.29, 1.82) is 0 Å². The summed E-state index contributed by atoms with van der Waals surface area (Å²) in [5.41, 5.74) is 0.456. The molecule has 0 spiro atoms. The largest absolute Gasteiger partial charge is 0.459 e. The molecular weight excluding hydrogens is 492 g/mol. The molecule has 0 unspecified atom stereocenters. The van der Waals surface area contributed by atoms with Crippen LogP contribution in [0.15, 0.2) is 90.5 Å². The third-order valence-corrected chi connectivity index (χ3v) is 5.12. The van der Waals surface area contributed by atoms with Crippen molar-refractivity contribution in [3.8, 4) is 0 Å². The van der Waals surface area contributed by atoms with Crippen molar-refractivity contribution in [3.63, 3.8) is 0 Å². The summed E-state index contributed by atoms with van der Waals surface area (Å²) in [5, 5.41) is 10.4. The van der Waals surface area contributed by atoms with Crippen LogP contribution in [0.1, 0.15) is 38.6 Å². The average molecular weight is 508 g/mol. The van der Waals surface area contributed by atoms with Gasteiger partial charge in [-0.1, -0.05) is 0 Å². The van der Waals surface area contributed by atoms with Crippen molar-refractivity contribution in [2.75, 3.05) is 0 Å². The Hall–Kier alpha value is -4.98. The predicted octanol–water partition coefficient (Wildman–Crippen LogP) is 2.26. The van der Waals surface area contributed by atoms with Crippen LogP contribution in [0.5, 0.6) is 0 Å². The topological polar surface area (TPSA) is 155 Å². The lowest BCUT2D eigenvalue weighted by molar-refractivity contribution is 0.0460. The van der Waals surface area contributed by atoms with Crippen LogP contribution in [0.3, 0.4) is 0 Å². The molecule has 13 nitrogen and oxygen atoms in total. The number of carbonyl (C=O) groups is 3. The zero-order valence-electron chi connectivity index (χ0n) is 18.4. The first-order valence-electron chi connectivity index (χ1n) is 10.3. The number of nitrogens with zero attached hydrogens (tertiary/aromatic N) is 4. The Morgan fingerprint density at radius 3 is 2.19 bits per heavy atom. The monoisotopic (exact) mass is 508 g/mol. The molecule has 0 saturated heterocycles. The smallest absolute Gasteiger partial charge is 0.380 e. The van der Waals surface area contributed by atoms with E-state index in [0.717, 1.165) is 0 Å². The second kappa shape index (κ2) is 9.34. The van der Waals surface area contributed by atoms with E-state index >= 15 is 0 Å². The molecule has 182 valence electrons. The first kappa shape index (κ1) is 22.8. The Kier molecular flexibility index (Phi) is 5.92. The molecule has 2 N–H and O–H groups in total. The fourth-order valence-corrected chi connectivity index (χ4v) is 3.50. The molecule has 5 heterocycles. The van der Waals surface area contributed by atoms with Crippen molar-refractivity contribution < 1.29 is 32.4 Å². The molecule has 0 saturated carbocycles. The minimum atomic E-state index is -1.04. The predicted molar refractivity (Wildman–Crippen MR) is 125 cm³/mol. The summed E-state index contributed by atoms with van der Waals surface area (Å²) in [6, 6.07) is 8.99. The summed E-state index contributed by atoms with van der Waals surface area (Å²) in [6.07, 6.45) is 4.45. The highest BCUT2D eigenvalue weighted by atomic mass is 32.1. The van der Waals surface area contributed by atoms with Crippen LogP contribution in [-0.4, -0.2) is 50.8 Å². The third-order valence-electron chi connectivity index (χ3n) is 4.83. The van der Waals surface area contributed by atoms with E-state index in [0.29, 0.717) is 5.71 Å². The number of aliphatic imine (C=N–C) groups is 1. The van der Waals surface area contributed by atoms with Crippen molar-refractivity contribution in [2.45, 2.75) is 13.2 Å². The van der Waals surface area contributed by atoms with Crippen LogP contribution in [0.4, 0.5) is 0 Å². The van der Waals surface area contributed by atoms with Gasteiger partial charge in [-0.15, -0.1) is 5.10 Å². The van der Waals surface area contributed by atoms with E-state index in [1.165, 1.54) is 59.0 Å². The molecule has 5 rings (SSSR count). The Morgan fingerprint density at radius 1 is 0.972 bits per heavy atom. The van der Waals surface area contributed by atoms with Gasteiger partial charge in [-0.3, -0.25) is 20.2 Å². The summed E-state index contributed by atoms with van der Waals surface area (Å²) >= 11 is 5.38. The van der Waals surface area contributed by atoms with Crippen LogP contribution >= 0.6 is 12.2 Å². The van der Waals surface area contributed by atoms with Gasteiger partial charge in [-0.2, -0.15) is 5.01 Å². The molecule has 3 aromatic heterocycles. The quantitative estimate of drug-likeness (QED) is 0.396. The van der Waals surface area contributed by atoms with E-state index in [4.69, 9.17) is 30.2 Å². The number of fused-ring (bicyclic) bond motifs is 1. The maximum atomic E-state index is 12.7. The normalized spacial score (nSPS) is 16.5. The van der Waals surface area contributed by atoms with Crippen molar-refractivity contribution in [2.24, 2.45) is 10.1 Å². The van der Waals surface area contributed by atoms with Gasteiger partial charge in [0.15, 0.2) is 16.6 Å². The number of guanidine groups is 1. The number of esters is 1. The highest BCUT2D eigenvalue weighted by molar-refractivity contribution is 7.80. The van der Waals surface area contributed by atoms with Crippen molar-refractivity contribution in [3.05, 3.63) is 84.4 Å². The SMILES string of the molecule is CC1=N[C@H]2N(C(=S)NC(=O)c3ccco3)N=C(NC(=O)c3ccco3)N2C(OC(=O)c2ccco2)=C1. The second-order valence-electron chi connectivity index (χ2n) is 7.27. The van der Waals surface area contributed by atoms with Gasteiger partial charge in [0.25, 0.3) is 11.8 Å². The number of amides is 2. The number of allylic oxidation sites excluding steroid dienone is 1. The number of hydrogen-bond donors (Lipinski definition) is 2. The lowest BCUT2D eigenvalue weighted by Crippen LogP contribution is -2.51. The molecule has 2 aliphatic heterocycles. The van der Waals surface area contributed by atoms with Gasteiger partial charge < -0.3 is 18.0 Å². The lowest BCUT2D eigenvalue weighted by Gasteiger charge is -2.31. The molecule has 3 aromatic rings. The maximum absolute atomic E-state index is 12.7. The highest BCUT2D eigenvalue weighted by Gasteiger charge is 2.43. The molecule has 0 radical (unpaired) electrons. The Labute approximate surface area is 207 Å². The molecule has 2 aliphatic rings. The Balaban J connectivity index is 1.44. The number of hydrazone groups is 1. The fourth-order valence-electron chi connectivity index (χ4n) is 3.27. The Morgan fingerprint density at radius 2 is 1.58 bits per heavy atom. The minimum Gasteiger partial charge on any atom is -0.459 e. The number of carbonyl (C=O) groups excluding carboxylic acids is 3. The summed E-state index contributed by atoms with van der Waals surface area (Å²) < 4.78 is 20.9. The molecule has 0 aliphatic carbocycles. The van der Waals surface area contributed by atoms with Gasteiger partial charge >= 0.3 is 5.97 Å². The van der Waals surface area contributed by atoms with Gasteiger partial charge in [-0.25, -0.2) is 14.7 Å². The molecule has 2 amide bonds. The molecule has 1 atom stereocenters. The van der Waals surface area contributed by atoms with Gasteiger partial charge in [0.1, 0.15) is 0 Å². The van der Waals surface area contributed by atoms with E-state index in [1.54, 1.807) is 19.1 Å². The summed E-state index contributed by atoms with van der Waals surface area (Å²) in [5.74, 6) is -2.15. The summed E-state index contributed by atoms with van der Waals surface area (Å²) in [7, 11) is 0. The zero-order chi connectivity index (χ0) is 25.2. The van der Waals surface area contributed by atoms with Gasteiger partial charge in [0.2, 0.25) is 23.9 Å². The summed E-state index contributed by atoms with van der Waals surface area (Å²) in [6.45, 7) is 1.67. The van der Waals surface area contributed by atoms with Crippen molar-refractivity contribution in [1.82, 2.24) is 20.5 Å². The molecular formula is C22H16N6O7S. The van der Waals surface area contributed by atoms with E-state index in [9.17, 15) is 14.4 Å². The third kappa shape index (κ3) is 4.39. The van der Waals surface area contributed by atoms with Gasteiger partial charge in [0.05, 0.1) is 18.8 Å². The standard InChI is InChI=1S/C22H16N6O7S/c1-12-11-16(35-19(31)15-7-4-10-34-15)27-20(24-17(29)13-5-2-8-32-13)26-28(21(27)23-12)22(36)25-18(30)14-6-3-9-33-14/h2-11,21H,1H3,(H,24,26,29)(H,25,30,36)/t21-/m1/s1. The minimum absolute atomic E-state index is 0.0104. The summed E-state index contributed by atoms with van der Waals surface area (Å²) in [4.78, 5) is 43.6. The van der Waals surface area contributed by atoms with E-state index in [2.05, 4.69) is 20.7 Å². The fraction of sp³-hybridized carbons (Fsp3) is 0.0909. The van der Waals surface area contributed by atoms with E-state index in [-0.39, 0.29) is 34.2 Å². The first-order chi connectivity index (χ1) is 17.4. The van der Waals surface area contributed by atoms with Crippen LogP contribution < -0.4 is 10.6 Å². The molecule has 0 aromatic carbocycles. The second-order valence-corrected chi connectivity index (χ2v) is 7.66. The Bertz CT molecular complexity index is 1410. The molecule has 14 heteroatoms. The number of ether oxygens (including phenoxy) is 1. The highest BCUT2D eigenvalue weighted by Crippen LogP contribution is 2.28. The number of furan rings is 3. The van der Waals surface area contributed by atoms with Crippen molar-refractivity contribution >= 4 is 46.8 Å². The van der Waals surface area contributed by atoms with Crippen LogP contribution in [0, 0.1) is 0 Å². The number of thiocarbonyl (C=S) groups is 1. The van der Waals surface area contributed by atoms with E-state index in [1.807, 2.05) is 0 Å². The lowest BCUT2D eigenvalue weighted by atomic mass is 10.3. The number of nitrogens with one attached hydrogen (secondary N) is 2. The maximum Gasteiger partial charge on any atom is 0.380 e. The zero-order valence-corrected chi connectivity index (χ0v) is 19.2. The number of rotatable bonds is 4. The van der Waals surface area contributed by atoms with Crippen LogP contribution in [0.2, 0.25) is 0 Å². The first-order valence-corrected chi connectivity index (χ1v) is 10.7. The average Bonchev–Trinajstić information content (AvgIpc) is 3.66. The number of hydrogen-bond acceptors (Lipinski definition) is 11. The van der Waals surface area contributed by atoms with Crippen LogP contribution in [0.25, 0.3) is 0 Å². The molecule has 0 bridgehead atoms. The van der Waals surface area contributed by atoms with E-state index < -0.39 is 24.1 Å². The van der Waals surface area contributed by atoms with Gasteiger partial charge in [-0.05, 0) is 55.5 Å². The van der Waals surface area contributed by atoms with Crippen LogP contribution in [-0.2, 0) is 4.74 Å². The van der Waals surface area contributed by atoms with Gasteiger partial charge in [0, 0.05) is 11.8 Å².